The van der Waals surface area contributed by atoms with Crippen LogP contribution in [-0.2, 0) is 9.53 Å². The van der Waals surface area contributed by atoms with Gasteiger partial charge in [-0.1, -0.05) is 11.6 Å². The van der Waals surface area contributed by atoms with E-state index in [0.29, 0.717) is 24.0 Å². The summed E-state index contributed by atoms with van der Waals surface area (Å²) < 4.78 is 10.5. The molecule has 0 aromatic heterocycles. The second kappa shape index (κ2) is 6.23. The number of amides is 1. The molecular weight excluding hydrogens is 268 g/mol. The molecule has 1 unspecified atom stereocenters. The van der Waals surface area contributed by atoms with Gasteiger partial charge in [0.2, 0.25) is 5.91 Å². The number of carbonyl (C=O) groups excluding carboxylic acids is 1. The molecule has 2 N–H and O–H groups in total. The third-order valence-corrected chi connectivity index (χ3v) is 3.27. The van der Waals surface area contributed by atoms with Crippen LogP contribution in [0.15, 0.2) is 12.1 Å². The largest absolute Gasteiger partial charge is 0.492 e. The molecule has 1 amide bonds. The van der Waals surface area contributed by atoms with Crippen molar-refractivity contribution in [2.45, 2.75) is 12.5 Å². The van der Waals surface area contributed by atoms with E-state index in [4.69, 9.17) is 21.1 Å². The van der Waals surface area contributed by atoms with Crippen LogP contribution >= 0.6 is 11.6 Å². The van der Waals surface area contributed by atoms with Crippen molar-refractivity contribution < 1.29 is 14.3 Å². The number of hydrogen-bond donors (Lipinski definition) is 2. The highest BCUT2D eigenvalue weighted by Gasteiger charge is 2.30. The van der Waals surface area contributed by atoms with Gasteiger partial charge in [-0.15, -0.1) is 0 Å². The normalized spacial score (nSPS) is 17.2. The van der Waals surface area contributed by atoms with Crippen molar-refractivity contribution in [3.8, 4) is 5.75 Å². The summed E-state index contributed by atoms with van der Waals surface area (Å²) in [5, 5.41) is 6.26. The highest BCUT2D eigenvalue weighted by atomic mass is 35.5. The summed E-state index contributed by atoms with van der Waals surface area (Å²) in [5.74, 6) is 0.499. The molecule has 0 bridgehead atoms. The second-order valence-electron chi connectivity index (χ2n) is 4.28. The maximum atomic E-state index is 11.7. The highest BCUT2D eigenvalue weighted by molar-refractivity contribution is 6.32. The summed E-state index contributed by atoms with van der Waals surface area (Å²) in [6, 6.07) is 3.18. The van der Waals surface area contributed by atoms with Gasteiger partial charge in [0.05, 0.1) is 11.6 Å². The first-order valence-electron chi connectivity index (χ1n) is 6.10. The number of nitrogens with one attached hydrogen (secondary N) is 2. The van der Waals surface area contributed by atoms with Crippen LogP contribution in [0.2, 0.25) is 5.02 Å². The van der Waals surface area contributed by atoms with Gasteiger partial charge >= 0.3 is 0 Å². The molecule has 0 saturated carbocycles. The monoisotopic (exact) mass is 284 g/mol. The Morgan fingerprint density at radius 3 is 2.89 bits per heavy atom. The Kier molecular flexibility index (Phi) is 4.63. The zero-order valence-electron chi connectivity index (χ0n) is 11.0. The van der Waals surface area contributed by atoms with Crippen LogP contribution in [-0.4, -0.2) is 33.3 Å². The number of methoxy groups -OCH3 is 1. The quantitative estimate of drug-likeness (QED) is 0.784. The predicted molar refractivity (Wildman–Crippen MR) is 73.9 cm³/mol. The first kappa shape index (κ1) is 14.1. The number of anilines is 1. The average molecular weight is 285 g/mol. The summed E-state index contributed by atoms with van der Waals surface area (Å²) in [6.45, 7) is 1.16. The van der Waals surface area contributed by atoms with Crippen LogP contribution in [0.5, 0.6) is 5.75 Å². The van der Waals surface area contributed by atoms with Crippen molar-refractivity contribution in [2.75, 3.05) is 32.7 Å². The van der Waals surface area contributed by atoms with Crippen LogP contribution in [0.3, 0.4) is 0 Å². The lowest BCUT2D eigenvalue weighted by Crippen LogP contribution is -2.23. The maximum absolute atomic E-state index is 11.7. The summed E-state index contributed by atoms with van der Waals surface area (Å²) in [6.07, 6.45) is 0.787. The molecule has 2 rings (SSSR count). The minimum absolute atomic E-state index is 0.0786. The van der Waals surface area contributed by atoms with Crippen molar-refractivity contribution in [1.29, 1.82) is 0 Å². The van der Waals surface area contributed by atoms with E-state index in [1.807, 2.05) is 0 Å². The predicted octanol–water partition coefficient (Wildman–Crippen LogP) is 1.97. The molecule has 1 aromatic rings. The van der Waals surface area contributed by atoms with Crippen LogP contribution in [0, 0.1) is 0 Å². The van der Waals surface area contributed by atoms with Gasteiger partial charge in [-0.25, -0.2) is 0 Å². The molecule has 0 spiro atoms. The van der Waals surface area contributed by atoms with E-state index in [-0.39, 0.29) is 11.9 Å². The van der Waals surface area contributed by atoms with Crippen molar-refractivity contribution in [2.24, 2.45) is 0 Å². The number of halogens is 1. The molecule has 1 aromatic carbocycles. The number of likely N-dealkylation sites (N-methyl/N-ethyl adjacent to an activating group) is 1. The fourth-order valence-electron chi connectivity index (χ4n) is 2.04. The SMILES string of the molecule is CNC1C(=O)Nc2cc(OCCCOC)c(Cl)cc21. The highest BCUT2D eigenvalue weighted by Crippen LogP contribution is 2.38. The molecule has 6 heteroatoms. The van der Waals surface area contributed by atoms with Crippen LogP contribution in [0.4, 0.5) is 5.69 Å². The molecule has 19 heavy (non-hydrogen) atoms. The Hall–Kier alpha value is -1.30. The Morgan fingerprint density at radius 2 is 2.21 bits per heavy atom. The first-order chi connectivity index (χ1) is 9.17. The molecule has 104 valence electrons. The van der Waals surface area contributed by atoms with Gasteiger partial charge in [0.25, 0.3) is 0 Å². The Labute approximate surface area is 117 Å². The Balaban J connectivity index is 2.12. The molecule has 0 radical (unpaired) electrons. The summed E-state index contributed by atoms with van der Waals surface area (Å²) in [4.78, 5) is 11.7. The van der Waals surface area contributed by atoms with Gasteiger partial charge in [0, 0.05) is 37.5 Å². The fraction of sp³-hybridized carbons (Fsp3) is 0.462. The van der Waals surface area contributed by atoms with Gasteiger partial charge < -0.3 is 20.1 Å². The summed E-state index contributed by atoms with van der Waals surface area (Å²) >= 11 is 6.17. The third-order valence-electron chi connectivity index (χ3n) is 2.97. The molecule has 0 aliphatic carbocycles. The van der Waals surface area contributed by atoms with Gasteiger partial charge in [-0.3, -0.25) is 4.79 Å². The van der Waals surface area contributed by atoms with E-state index in [1.54, 1.807) is 26.3 Å². The minimum Gasteiger partial charge on any atom is -0.492 e. The Bertz CT molecular complexity index is 479. The van der Waals surface area contributed by atoms with Crippen LogP contribution < -0.4 is 15.4 Å². The van der Waals surface area contributed by atoms with Gasteiger partial charge in [-0.05, 0) is 13.1 Å². The molecule has 1 atom stereocenters. The number of benzene rings is 1. The van der Waals surface area contributed by atoms with E-state index in [1.165, 1.54) is 0 Å². The van der Waals surface area contributed by atoms with E-state index in [2.05, 4.69) is 10.6 Å². The number of hydrogen-bond acceptors (Lipinski definition) is 4. The second-order valence-corrected chi connectivity index (χ2v) is 4.68. The average Bonchev–Trinajstić information content (AvgIpc) is 2.69. The van der Waals surface area contributed by atoms with Gasteiger partial charge in [-0.2, -0.15) is 0 Å². The molecule has 1 heterocycles. The number of carbonyl (C=O) groups is 1. The van der Waals surface area contributed by atoms with E-state index >= 15 is 0 Å². The van der Waals surface area contributed by atoms with Crippen LogP contribution in [0.25, 0.3) is 0 Å². The van der Waals surface area contributed by atoms with Gasteiger partial charge in [0.15, 0.2) is 0 Å². The van der Waals surface area contributed by atoms with Crippen molar-refractivity contribution in [1.82, 2.24) is 5.32 Å². The molecule has 0 fully saturated rings. The number of rotatable bonds is 6. The van der Waals surface area contributed by atoms with Crippen molar-refractivity contribution in [3.05, 3.63) is 22.7 Å². The zero-order valence-corrected chi connectivity index (χ0v) is 11.7. The molecular formula is C13H17ClN2O3. The third kappa shape index (κ3) is 3.00. The number of ether oxygens (including phenoxy) is 2. The van der Waals surface area contributed by atoms with Crippen molar-refractivity contribution >= 4 is 23.2 Å². The lowest BCUT2D eigenvalue weighted by atomic mass is 10.1. The fourth-order valence-corrected chi connectivity index (χ4v) is 2.27. The van der Waals surface area contributed by atoms with Crippen LogP contribution in [0.1, 0.15) is 18.0 Å². The van der Waals surface area contributed by atoms with E-state index in [0.717, 1.165) is 17.7 Å². The molecule has 1 aliphatic rings. The maximum Gasteiger partial charge on any atom is 0.246 e. The van der Waals surface area contributed by atoms with Gasteiger partial charge in [0.1, 0.15) is 11.8 Å². The first-order valence-corrected chi connectivity index (χ1v) is 6.48. The summed E-state index contributed by atoms with van der Waals surface area (Å²) in [7, 11) is 3.39. The van der Waals surface area contributed by atoms with E-state index in [9.17, 15) is 4.79 Å². The molecule has 5 nitrogen and oxygen atoms in total. The smallest absolute Gasteiger partial charge is 0.246 e. The zero-order chi connectivity index (χ0) is 13.8. The minimum atomic E-state index is -0.352. The van der Waals surface area contributed by atoms with Crippen molar-refractivity contribution in [3.63, 3.8) is 0 Å². The molecule has 1 aliphatic heterocycles. The lowest BCUT2D eigenvalue weighted by Gasteiger charge is -2.11. The lowest BCUT2D eigenvalue weighted by molar-refractivity contribution is -0.117. The van der Waals surface area contributed by atoms with E-state index < -0.39 is 0 Å². The molecule has 0 saturated heterocycles. The summed E-state index contributed by atoms with van der Waals surface area (Å²) in [5.41, 5.74) is 1.59. The Morgan fingerprint density at radius 1 is 1.42 bits per heavy atom. The topological polar surface area (TPSA) is 59.6 Å². The number of fused-ring (bicyclic) bond motifs is 1. The standard InChI is InChI=1S/C13H17ClN2O3/c1-15-12-8-6-9(14)11(19-5-3-4-18-2)7-10(8)16-13(12)17/h6-7,12,15H,3-5H2,1-2H3,(H,16,17).